The highest BCUT2D eigenvalue weighted by Crippen LogP contribution is 2.36. The van der Waals surface area contributed by atoms with Crippen molar-refractivity contribution >= 4 is 17.8 Å². The van der Waals surface area contributed by atoms with Gasteiger partial charge < -0.3 is 20.7 Å². The molecule has 0 aliphatic carbocycles. The molecule has 0 aromatic heterocycles. The number of carbonyl (C=O) groups excluding carboxylic acids is 2. The number of benzene rings is 2. The summed E-state index contributed by atoms with van der Waals surface area (Å²) >= 11 is 0. The van der Waals surface area contributed by atoms with Crippen LogP contribution < -0.4 is 10.5 Å². The molecule has 1 aliphatic rings. The van der Waals surface area contributed by atoms with Crippen LogP contribution >= 0.6 is 0 Å². The van der Waals surface area contributed by atoms with Crippen LogP contribution in [0.15, 0.2) is 42.2 Å². The summed E-state index contributed by atoms with van der Waals surface area (Å²) in [6, 6.07) is 8.49. The number of phenolic OH excluding ortho intramolecular Hbond substituents is 2. The summed E-state index contributed by atoms with van der Waals surface area (Å²) in [5.74, 6) is -1.33. The lowest BCUT2D eigenvalue weighted by molar-refractivity contribution is 0.0991. The third-order valence-electron chi connectivity index (χ3n) is 3.26. The predicted octanol–water partition coefficient (Wildman–Crippen LogP) is 1.81. The highest BCUT2D eigenvalue weighted by atomic mass is 16.5. The van der Waals surface area contributed by atoms with Gasteiger partial charge in [0, 0.05) is 11.6 Å². The highest BCUT2D eigenvalue weighted by Gasteiger charge is 2.30. The number of aromatic hydroxyl groups is 2. The summed E-state index contributed by atoms with van der Waals surface area (Å²) in [7, 11) is 0. The summed E-state index contributed by atoms with van der Waals surface area (Å²) in [6.07, 6.45) is 1.34. The molecule has 22 heavy (non-hydrogen) atoms. The van der Waals surface area contributed by atoms with Crippen LogP contribution in [-0.2, 0) is 0 Å². The van der Waals surface area contributed by atoms with Gasteiger partial charge in [-0.05, 0) is 30.3 Å². The van der Waals surface area contributed by atoms with Gasteiger partial charge in [0.05, 0.1) is 11.1 Å². The number of nitrogens with two attached hydrogens (primary N) is 1. The van der Waals surface area contributed by atoms with Gasteiger partial charge in [-0.2, -0.15) is 0 Å². The molecule has 0 saturated carbocycles. The zero-order valence-corrected chi connectivity index (χ0v) is 11.2. The van der Waals surface area contributed by atoms with E-state index in [1.807, 2.05) is 0 Å². The number of phenols is 2. The molecule has 0 spiro atoms. The van der Waals surface area contributed by atoms with E-state index >= 15 is 0 Å². The van der Waals surface area contributed by atoms with Crippen molar-refractivity contribution < 1.29 is 24.5 Å². The zero-order chi connectivity index (χ0) is 15.9. The van der Waals surface area contributed by atoms with E-state index in [-0.39, 0.29) is 34.1 Å². The van der Waals surface area contributed by atoms with E-state index in [0.29, 0.717) is 5.56 Å². The minimum atomic E-state index is -0.696. The van der Waals surface area contributed by atoms with E-state index in [0.717, 1.165) is 6.07 Å². The Hall–Kier alpha value is -3.28. The number of ether oxygens (including phenoxy) is 1. The molecule has 0 radical (unpaired) electrons. The molecule has 2 aromatic rings. The van der Waals surface area contributed by atoms with Gasteiger partial charge in [0.15, 0.2) is 11.5 Å². The SMILES string of the molecule is NC(=O)c1cccc2c1O/C(=C\c1ccc(O)cc1O)C2=O. The maximum absolute atomic E-state index is 12.3. The van der Waals surface area contributed by atoms with Crippen molar-refractivity contribution in [2.45, 2.75) is 0 Å². The Morgan fingerprint density at radius 3 is 2.64 bits per heavy atom. The van der Waals surface area contributed by atoms with Crippen LogP contribution in [0.25, 0.3) is 6.08 Å². The quantitative estimate of drug-likeness (QED) is 0.732. The van der Waals surface area contributed by atoms with Gasteiger partial charge in [-0.25, -0.2) is 0 Å². The summed E-state index contributed by atoms with van der Waals surface area (Å²) in [6.45, 7) is 0. The van der Waals surface area contributed by atoms with Crippen molar-refractivity contribution in [2.24, 2.45) is 5.73 Å². The molecule has 6 heteroatoms. The maximum Gasteiger partial charge on any atom is 0.252 e. The Morgan fingerprint density at radius 2 is 1.95 bits per heavy atom. The van der Waals surface area contributed by atoms with Gasteiger partial charge in [0.2, 0.25) is 5.78 Å². The van der Waals surface area contributed by atoms with Crippen molar-refractivity contribution in [1.29, 1.82) is 0 Å². The second-order valence-electron chi connectivity index (χ2n) is 4.73. The minimum Gasteiger partial charge on any atom is -0.508 e. The molecular formula is C16H11NO5. The van der Waals surface area contributed by atoms with Crippen LogP contribution in [0.3, 0.4) is 0 Å². The largest absolute Gasteiger partial charge is 0.508 e. The van der Waals surface area contributed by atoms with Gasteiger partial charge in [0.25, 0.3) is 5.91 Å². The first-order valence-corrected chi connectivity index (χ1v) is 6.36. The van der Waals surface area contributed by atoms with Crippen molar-refractivity contribution in [3.05, 3.63) is 58.8 Å². The van der Waals surface area contributed by atoms with Gasteiger partial charge in [0.1, 0.15) is 11.5 Å². The number of allylic oxidation sites excluding steroid dienone is 1. The molecule has 0 fully saturated rings. The third kappa shape index (κ3) is 2.16. The fourth-order valence-electron chi connectivity index (χ4n) is 2.20. The minimum absolute atomic E-state index is 0.0373. The first-order valence-electron chi connectivity index (χ1n) is 6.36. The Kier molecular flexibility index (Phi) is 3.06. The maximum atomic E-state index is 12.3. The summed E-state index contributed by atoms with van der Waals surface area (Å²) in [4.78, 5) is 23.6. The number of hydrogen-bond acceptors (Lipinski definition) is 5. The molecule has 4 N–H and O–H groups in total. The van der Waals surface area contributed by atoms with Gasteiger partial charge in [-0.15, -0.1) is 0 Å². The number of para-hydroxylation sites is 1. The Morgan fingerprint density at radius 1 is 1.18 bits per heavy atom. The smallest absolute Gasteiger partial charge is 0.252 e. The predicted molar refractivity (Wildman–Crippen MR) is 77.7 cm³/mol. The lowest BCUT2D eigenvalue weighted by atomic mass is 10.1. The summed E-state index contributed by atoms with van der Waals surface area (Å²) in [5, 5.41) is 19.0. The number of ketones is 1. The van der Waals surface area contributed by atoms with E-state index < -0.39 is 11.7 Å². The molecule has 6 nitrogen and oxygen atoms in total. The normalized spacial score (nSPS) is 14.7. The number of Topliss-reactive ketones (excluding diaryl/α,β-unsaturated/α-hetero) is 1. The molecular weight excluding hydrogens is 286 g/mol. The fourth-order valence-corrected chi connectivity index (χ4v) is 2.20. The standard InChI is InChI=1S/C16H11NO5/c17-16(21)11-3-1-2-10-14(20)13(22-15(10)11)6-8-4-5-9(18)7-12(8)19/h1-7,18-19H,(H2,17,21)/b13-6-. The Labute approximate surface area is 125 Å². The van der Waals surface area contributed by atoms with E-state index in [1.165, 1.54) is 30.3 Å². The second kappa shape index (κ2) is 4.92. The molecule has 0 atom stereocenters. The first kappa shape index (κ1) is 13.7. The fraction of sp³-hybridized carbons (Fsp3) is 0. The molecule has 1 amide bonds. The summed E-state index contributed by atoms with van der Waals surface area (Å²) < 4.78 is 5.44. The third-order valence-corrected chi connectivity index (χ3v) is 3.26. The Bertz CT molecular complexity index is 838. The molecule has 3 rings (SSSR count). The van der Waals surface area contributed by atoms with E-state index in [9.17, 15) is 19.8 Å². The van der Waals surface area contributed by atoms with Gasteiger partial charge in [-0.1, -0.05) is 6.07 Å². The van der Waals surface area contributed by atoms with Crippen LogP contribution in [-0.4, -0.2) is 21.9 Å². The van der Waals surface area contributed by atoms with Gasteiger partial charge in [-0.3, -0.25) is 9.59 Å². The molecule has 0 unspecified atom stereocenters. The lowest BCUT2D eigenvalue weighted by Crippen LogP contribution is -2.11. The molecule has 110 valence electrons. The molecule has 1 aliphatic heterocycles. The van der Waals surface area contributed by atoms with Crippen LogP contribution in [0.4, 0.5) is 0 Å². The van der Waals surface area contributed by atoms with Crippen molar-refractivity contribution in [3.8, 4) is 17.2 Å². The second-order valence-corrected chi connectivity index (χ2v) is 4.73. The van der Waals surface area contributed by atoms with Crippen molar-refractivity contribution in [1.82, 2.24) is 0 Å². The number of carbonyl (C=O) groups is 2. The van der Waals surface area contributed by atoms with Crippen LogP contribution in [0.2, 0.25) is 0 Å². The monoisotopic (exact) mass is 297 g/mol. The van der Waals surface area contributed by atoms with Gasteiger partial charge >= 0.3 is 0 Å². The van der Waals surface area contributed by atoms with Crippen LogP contribution in [0, 0.1) is 0 Å². The number of amides is 1. The lowest BCUT2D eigenvalue weighted by Gasteiger charge is -2.03. The van der Waals surface area contributed by atoms with E-state index in [1.54, 1.807) is 6.07 Å². The van der Waals surface area contributed by atoms with Crippen LogP contribution in [0.5, 0.6) is 17.2 Å². The average Bonchev–Trinajstić information content (AvgIpc) is 2.78. The first-order chi connectivity index (χ1) is 10.5. The number of fused-ring (bicyclic) bond motifs is 1. The number of primary amides is 1. The number of rotatable bonds is 2. The number of hydrogen-bond donors (Lipinski definition) is 3. The van der Waals surface area contributed by atoms with Crippen LogP contribution in [0.1, 0.15) is 26.3 Å². The molecule has 2 aromatic carbocycles. The average molecular weight is 297 g/mol. The van der Waals surface area contributed by atoms with Crippen molar-refractivity contribution in [2.75, 3.05) is 0 Å². The Balaban J connectivity index is 2.05. The highest BCUT2D eigenvalue weighted by molar-refractivity contribution is 6.16. The molecule has 0 bridgehead atoms. The van der Waals surface area contributed by atoms with E-state index in [4.69, 9.17) is 10.5 Å². The van der Waals surface area contributed by atoms with E-state index in [2.05, 4.69) is 0 Å². The molecule has 0 saturated heterocycles. The summed E-state index contributed by atoms with van der Waals surface area (Å²) in [5.41, 5.74) is 5.91. The zero-order valence-electron chi connectivity index (χ0n) is 11.2. The van der Waals surface area contributed by atoms with Crippen molar-refractivity contribution in [3.63, 3.8) is 0 Å². The molecule has 1 heterocycles. The topological polar surface area (TPSA) is 110 Å².